The van der Waals surface area contributed by atoms with Crippen molar-refractivity contribution in [2.24, 2.45) is 5.92 Å². The summed E-state index contributed by atoms with van der Waals surface area (Å²) in [6.07, 6.45) is 3.22. The maximum absolute atomic E-state index is 13.6. The Kier molecular flexibility index (Phi) is 6.27. The molecule has 1 aliphatic heterocycles. The maximum Gasteiger partial charge on any atom is 0.295 e. The van der Waals surface area contributed by atoms with Gasteiger partial charge in [0.2, 0.25) is 5.91 Å². The number of halogens is 1. The van der Waals surface area contributed by atoms with Gasteiger partial charge in [-0.25, -0.2) is 9.97 Å². The molecule has 5 rings (SSSR count). The van der Waals surface area contributed by atoms with Crippen molar-refractivity contribution in [3.05, 3.63) is 93.9 Å². The van der Waals surface area contributed by atoms with Crippen LogP contribution in [0.3, 0.4) is 0 Å². The summed E-state index contributed by atoms with van der Waals surface area (Å²) in [5, 5.41) is 3.58. The van der Waals surface area contributed by atoms with E-state index in [2.05, 4.69) is 15.3 Å². The van der Waals surface area contributed by atoms with E-state index in [-0.39, 0.29) is 17.4 Å². The molecule has 172 valence electrons. The summed E-state index contributed by atoms with van der Waals surface area (Å²) in [4.78, 5) is 37.6. The average Bonchev–Trinajstić information content (AvgIpc) is 2.87. The van der Waals surface area contributed by atoms with Crippen molar-refractivity contribution in [3.63, 3.8) is 0 Å². The van der Waals surface area contributed by atoms with Crippen molar-refractivity contribution in [3.8, 4) is 0 Å². The highest BCUT2D eigenvalue weighted by Crippen LogP contribution is 2.23. The summed E-state index contributed by atoms with van der Waals surface area (Å²) in [6.45, 7) is 1.50. The summed E-state index contributed by atoms with van der Waals surface area (Å²) in [5.74, 6) is 0.0392. The van der Waals surface area contributed by atoms with Crippen LogP contribution in [0.15, 0.2) is 77.7 Å². The molecule has 1 unspecified atom stereocenters. The van der Waals surface area contributed by atoms with E-state index in [1.54, 1.807) is 35.0 Å². The van der Waals surface area contributed by atoms with E-state index in [4.69, 9.17) is 11.6 Å². The zero-order chi connectivity index (χ0) is 23.5. The molecule has 1 N–H and O–H groups in total. The molecule has 0 aliphatic carbocycles. The summed E-state index contributed by atoms with van der Waals surface area (Å²) < 4.78 is 1.67. The quantitative estimate of drug-likeness (QED) is 0.466. The maximum atomic E-state index is 13.6. The number of anilines is 2. The third-order valence-electron chi connectivity index (χ3n) is 6.07. The number of benzene rings is 2. The third-order valence-corrected chi connectivity index (χ3v) is 6.32. The number of rotatable bonds is 5. The van der Waals surface area contributed by atoms with Gasteiger partial charge in [0.05, 0.1) is 12.5 Å². The molecule has 0 spiro atoms. The van der Waals surface area contributed by atoms with Crippen LogP contribution in [0.4, 0.5) is 11.5 Å². The zero-order valence-corrected chi connectivity index (χ0v) is 19.3. The molecule has 8 heteroatoms. The van der Waals surface area contributed by atoms with Crippen molar-refractivity contribution in [2.45, 2.75) is 19.4 Å². The molecule has 4 aromatic rings. The van der Waals surface area contributed by atoms with Gasteiger partial charge in [-0.2, -0.15) is 0 Å². The van der Waals surface area contributed by atoms with Gasteiger partial charge in [0, 0.05) is 30.0 Å². The predicted octanol–water partition coefficient (Wildman–Crippen LogP) is 4.35. The first-order chi connectivity index (χ1) is 16.6. The molecule has 2 aromatic carbocycles. The van der Waals surface area contributed by atoms with Crippen LogP contribution < -0.4 is 15.8 Å². The van der Waals surface area contributed by atoms with Gasteiger partial charge in [0.15, 0.2) is 11.5 Å². The number of amides is 1. The van der Waals surface area contributed by atoms with Crippen LogP contribution >= 0.6 is 11.6 Å². The van der Waals surface area contributed by atoms with Gasteiger partial charge in [0.1, 0.15) is 5.52 Å². The van der Waals surface area contributed by atoms with Crippen molar-refractivity contribution >= 4 is 40.2 Å². The molecule has 34 heavy (non-hydrogen) atoms. The lowest BCUT2D eigenvalue weighted by Gasteiger charge is -2.32. The number of nitrogens with zero attached hydrogens (tertiary/aromatic N) is 4. The number of nitrogens with one attached hydrogen (secondary N) is 1. The van der Waals surface area contributed by atoms with Crippen molar-refractivity contribution in [1.29, 1.82) is 0 Å². The van der Waals surface area contributed by atoms with E-state index in [0.29, 0.717) is 47.3 Å². The van der Waals surface area contributed by atoms with Gasteiger partial charge in [-0.15, -0.1) is 0 Å². The molecule has 0 radical (unpaired) electrons. The lowest BCUT2D eigenvalue weighted by atomic mass is 9.97. The van der Waals surface area contributed by atoms with Gasteiger partial charge in [-0.05, 0) is 54.8 Å². The summed E-state index contributed by atoms with van der Waals surface area (Å²) in [5.41, 5.74) is 2.71. The number of carbonyl (C=O) groups is 1. The van der Waals surface area contributed by atoms with Gasteiger partial charge in [0.25, 0.3) is 5.56 Å². The molecule has 0 bridgehead atoms. The number of carbonyl (C=O) groups excluding carboxylic acids is 1. The Morgan fingerprint density at radius 1 is 1.06 bits per heavy atom. The molecule has 1 aliphatic rings. The number of pyridine rings is 1. The van der Waals surface area contributed by atoms with Crippen LogP contribution in [0.2, 0.25) is 5.02 Å². The van der Waals surface area contributed by atoms with Gasteiger partial charge < -0.3 is 10.2 Å². The average molecular weight is 474 g/mol. The number of hydrogen-bond donors (Lipinski definition) is 1. The largest absolute Gasteiger partial charge is 0.351 e. The second-order valence-electron chi connectivity index (χ2n) is 8.44. The second-order valence-corrected chi connectivity index (χ2v) is 8.88. The van der Waals surface area contributed by atoms with Gasteiger partial charge in [-0.3, -0.25) is 14.2 Å². The van der Waals surface area contributed by atoms with Crippen LogP contribution in [0.5, 0.6) is 0 Å². The molecule has 1 saturated heterocycles. The van der Waals surface area contributed by atoms with E-state index < -0.39 is 0 Å². The van der Waals surface area contributed by atoms with Crippen molar-refractivity contribution < 1.29 is 4.79 Å². The van der Waals surface area contributed by atoms with Crippen LogP contribution in [0.25, 0.3) is 11.2 Å². The molecule has 3 heterocycles. The van der Waals surface area contributed by atoms with Crippen LogP contribution in [0, 0.1) is 5.92 Å². The fourth-order valence-electron chi connectivity index (χ4n) is 4.34. The molecule has 0 saturated carbocycles. The standard InChI is InChI=1S/C26H24ClN5O2/c27-20-10-12-21(13-11-20)29-25(33)19-8-5-15-31(17-19)24-26(34)32(16-18-6-2-1-3-7-18)23-22(30-24)9-4-14-28-23/h1-4,6-7,9-14,19H,5,8,15-17H2,(H,29,33). The van der Waals surface area contributed by atoms with E-state index >= 15 is 0 Å². The first-order valence-electron chi connectivity index (χ1n) is 11.3. The van der Waals surface area contributed by atoms with Gasteiger partial charge >= 0.3 is 0 Å². The number of aromatic nitrogens is 3. The summed E-state index contributed by atoms with van der Waals surface area (Å²) in [7, 11) is 0. The Morgan fingerprint density at radius 2 is 1.85 bits per heavy atom. The molecular weight excluding hydrogens is 450 g/mol. The zero-order valence-electron chi connectivity index (χ0n) is 18.5. The van der Waals surface area contributed by atoms with E-state index in [0.717, 1.165) is 18.4 Å². The Balaban J connectivity index is 1.44. The highest BCUT2D eigenvalue weighted by atomic mass is 35.5. The molecular formula is C26H24ClN5O2. The molecule has 1 atom stereocenters. The predicted molar refractivity (Wildman–Crippen MR) is 134 cm³/mol. The number of fused-ring (bicyclic) bond motifs is 1. The number of piperidine rings is 1. The first kappa shape index (κ1) is 22.1. The topological polar surface area (TPSA) is 80.1 Å². The minimum atomic E-state index is -0.252. The molecule has 1 fully saturated rings. The van der Waals surface area contributed by atoms with Crippen molar-refractivity contribution in [1.82, 2.24) is 14.5 Å². The van der Waals surface area contributed by atoms with Gasteiger partial charge in [-0.1, -0.05) is 41.9 Å². The van der Waals surface area contributed by atoms with Crippen LogP contribution in [-0.4, -0.2) is 33.5 Å². The fourth-order valence-corrected chi connectivity index (χ4v) is 4.47. The third kappa shape index (κ3) is 4.65. The normalized spacial score (nSPS) is 15.9. The minimum Gasteiger partial charge on any atom is -0.351 e. The highest BCUT2D eigenvalue weighted by molar-refractivity contribution is 6.30. The Labute approximate surface area is 202 Å². The molecule has 1 amide bonds. The van der Waals surface area contributed by atoms with E-state index in [1.807, 2.05) is 47.4 Å². The van der Waals surface area contributed by atoms with E-state index in [1.165, 1.54) is 0 Å². The fraction of sp³-hybridized carbons (Fsp3) is 0.231. The lowest BCUT2D eigenvalue weighted by Crippen LogP contribution is -2.44. The lowest BCUT2D eigenvalue weighted by molar-refractivity contribution is -0.120. The highest BCUT2D eigenvalue weighted by Gasteiger charge is 2.29. The van der Waals surface area contributed by atoms with E-state index in [9.17, 15) is 9.59 Å². The second kappa shape index (κ2) is 9.65. The molecule has 7 nitrogen and oxygen atoms in total. The van der Waals surface area contributed by atoms with Crippen molar-refractivity contribution in [2.75, 3.05) is 23.3 Å². The molecule has 2 aromatic heterocycles. The summed E-state index contributed by atoms with van der Waals surface area (Å²) >= 11 is 5.94. The Bertz CT molecular complexity index is 1370. The Morgan fingerprint density at radius 3 is 2.65 bits per heavy atom. The van der Waals surface area contributed by atoms with Crippen LogP contribution in [0.1, 0.15) is 18.4 Å². The minimum absolute atomic E-state index is 0.0703. The Hall–Kier alpha value is -3.71. The smallest absolute Gasteiger partial charge is 0.295 e. The SMILES string of the molecule is O=C(Nc1ccc(Cl)cc1)C1CCCN(c2nc3cccnc3n(Cc3ccccc3)c2=O)C1. The summed E-state index contributed by atoms with van der Waals surface area (Å²) in [6, 6.07) is 20.5. The first-order valence-corrected chi connectivity index (χ1v) is 11.7. The monoisotopic (exact) mass is 473 g/mol. The van der Waals surface area contributed by atoms with Crippen LogP contribution in [-0.2, 0) is 11.3 Å². The number of hydrogen-bond acceptors (Lipinski definition) is 5.